The van der Waals surface area contributed by atoms with E-state index < -0.39 is 16.0 Å². The summed E-state index contributed by atoms with van der Waals surface area (Å²) in [6, 6.07) is 18.8. The molecule has 1 N–H and O–H groups in total. The maximum absolute atomic E-state index is 13.7. The average Bonchev–Trinajstić information content (AvgIpc) is 3.27. The maximum Gasteiger partial charge on any atom is 0.303 e. The van der Waals surface area contributed by atoms with E-state index in [1.165, 1.54) is 10.5 Å². The van der Waals surface area contributed by atoms with Gasteiger partial charge in [-0.3, -0.25) is 9.10 Å². The van der Waals surface area contributed by atoms with E-state index in [0.717, 1.165) is 23.2 Å². The first-order valence-electron chi connectivity index (χ1n) is 12.0. The predicted molar refractivity (Wildman–Crippen MR) is 140 cm³/mol. The Hall–Kier alpha value is -3.43. The largest absolute Gasteiger partial charge is 0.481 e. The number of aliphatic carboxylic acids is 1. The van der Waals surface area contributed by atoms with Crippen molar-refractivity contribution in [1.82, 2.24) is 4.98 Å². The van der Waals surface area contributed by atoms with E-state index in [1.807, 2.05) is 60.4 Å². The van der Waals surface area contributed by atoms with Gasteiger partial charge in [0.2, 0.25) is 0 Å². The summed E-state index contributed by atoms with van der Waals surface area (Å²) in [4.78, 5) is 17.8. The molecule has 0 saturated heterocycles. The Labute approximate surface area is 212 Å². The number of carboxylic acid groups (broad SMARTS) is 1. The Bertz CT molecular complexity index is 1300. The van der Waals surface area contributed by atoms with Gasteiger partial charge in [0.1, 0.15) is 10.7 Å². The standard InChI is InChI=1S/C27H31N3O5S/c1-3-29(15-16-35-2)26-13-11-23(18-28-26)36(33,34)30-19-22(10-14-27(31)32)24-17-21(9-12-25(24)30)20-7-5-4-6-8-20/h4-9,11-13,17-18,22H,3,10,14-16,19H2,1-2H3,(H,31,32). The third-order valence-corrected chi connectivity index (χ3v) is 8.28. The molecule has 1 aromatic heterocycles. The van der Waals surface area contributed by atoms with E-state index in [0.29, 0.717) is 31.1 Å². The topological polar surface area (TPSA) is 100 Å². The van der Waals surface area contributed by atoms with Crippen molar-refractivity contribution in [3.05, 3.63) is 72.4 Å². The summed E-state index contributed by atoms with van der Waals surface area (Å²) in [7, 11) is -2.25. The molecule has 1 atom stereocenters. The molecule has 36 heavy (non-hydrogen) atoms. The van der Waals surface area contributed by atoms with Gasteiger partial charge in [0.05, 0.1) is 12.3 Å². The smallest absolute Gasteiger partial charge is 0.303 e. The first kappa shape index (κ1) is 25.7. The number of pyridine rings is 1. The second-order valence-electron chi connectivity index (χ2n) is 8.73. The van der Waals surface area contributed by atoms with E-state index in [-0.39, 0.29) is 23.8 Å². The number of carboxylic acids is 1. The van der Waals surface area contributed by atoms with Gasteiger partial charge in [-0.05, 0) is 54.3 Å². The van der Waals surface area contributed by atoms with Crippen LogP contribution >= 0.6 is 0 Å². The molecule has 2 aromatic carbocycles. The van der Waals surface area contributed by atoms with Gasteiger partial charge in [0, 0.05) is 45.3 Å². The molecule has 0 radical (unpaired) electrons. The summed E-state index contributed by atoms with van der Waals surface area (Å²) in [6.45, 7) is 4.12. The minimum absolute atomic E-state index is 0.0296. The van der Waals surface area contributed by atoms with Crippen LogP contribution in [0.5, 0.6) is 0 Å². The fourth-order valence-electron chi connectivity index (χ4n) is 4.56. The SMILES string of the molecule is CCN(CCOC)c1ccc(S(=O)(=O)N2CC(CCC(=O)O)c3cc(-c4ccccc4)ccc32)cn1. The highest BCUT2D eigenvalue weighted by Gasteiger charge is 2.37. The Kier molecular flexibility index (Phi) is 7.91. The zero-order valence-electron chi connectivity index (χ0n) is 20.5. The molecule has 2 heterocycles. The first-order chi connectivity index (χ1) is 17.3. The summed E-state index contributed by atoms with van der Waals surface area (Å²) in [6.07, 6.45) is 1.72. The second-order valence-corrected chi connectivity index (χ2v) is 10.6. The van der Waals surface area contributed by atoms with Crippen LogP contribution in [0, 0.1) is 0 Å². The quantitative estimate of drug-likeness (QED) is 0.409. The van der Waals surface area contributed by atoms with Crippen LogP contribution in [0.2, 0.25) is 0 Å². The minimum Gasteiger partial charge on any atom is -0.481 e. The number of ether oxygens (including phenoxy) is 1. The highest BCUT2D eigenvalue weighted by Crippen LogP contribution is 2.43. The third-order valence-electron chi connectivity index (χ3n) is 6.52. The highest BCUT2D eigenvalue weighted by atomic mass is 32.2. The number of likely N-dealkylation sites (N-methyl/N-ethyl adjacent to an activating group) is 1. The lowest BCUT2D eigenvalue weighted by Crippen LogP contribution is -2.31. The van der Waals surface area contributed by atoms with Crippen LogP contribution in [0.25, 0.3) is 11.1 Å². The van der Waals surface area contributed by atoms with E-state index >= 15 is 0 Å². The average molecular weight is 510 g/mol. The number of rotatable bonds is 11. The summed E-state index contributed by atoms with van der Waals surface area (Å²) < 4.78 is 33.9. The number of fused-ring (bicyclic) bond motifs is 1. The van der Waals surface area contributed by atoms with Crippen molar-refractivity contribution < 1.29 is 23.1 Å². The summed E-state index contributed by atoms with van der Waals surface area (Å²) in [5, 5.41) is 9.25. The van der Waals surface area contributed by atoms with Crippen LogP contribution in [-0.2, 0) is 19.6 Å². The molecular weight excluding hydrogens is 478 g/mol. The van der Waals surface area contributed by atoms with Crippen LogP contribution in [0.3, 0.4) is 0 Å². The zero-order chi connectivity index (χ0) is 25.7. The van der Waals surface area contributed by atoms with Gasteiger partial charge in [-0.1, -0.05) is 36.4 Å². The Morgan fingerprint density at radius 2 is 1.92 bits per heavy atom. The molecule has 4 rings (SSSR count). The lowest BCUT2D eigenvalue weighted by molar-refractivity contribution is -0.137. The summed E-state index contributed by atoms with van der Waals surface area (Å²) >= 11 is 0. The molecule has 1 unspecified atom stereocenters. The van der Waals surface area contributed by atoms with E-state index in [4.69, 9.17) is 4.74 Å². The summed E-state index contributed by atoms with van der Waals surface area (Å²) in [5.74, 6) is -0.431. The van der Waals surface area contributed by atoms with Gasteiger partial charge in [-0.2, -0.15) is 0 Å². The normalized spacial score (nSPS) is 15.1. The number of anilines is 2. The minimum atomic E-state index is -3.89. The Morgan fingerprint density at radius 3 is 2.56 bits per heavy atom. The molecule has 1 aliphatic heterocycles. The van der Waals surface area contributed by atoms with Crippen LogP contribution in [0.1, 0.15) is 31.2 Å². The van der Waals surface area contributed by atoms with Gasteiger partial charge in [-0.15, -0.1) is 0 Å². The number of aromatic nitrogens is 1. The van der Waals surface area contributed by atoms with Gasteiger partial charge in [0.15, 0.2) is 0 Å². The summed E-state index contributed by atoms with van der Waals surface area (Å²) in [5.41, 5.74) is 3.43. The number of sulfonamides is 1. The number of nitrogens with zero attached hydrogens (tertiary/aromatic N) is 3. The molecule has 0 aliphatic carbocycles. The molecule has 0 spiro atoms. The molecule has 0 bridgehead atoms. The highest BCUT2D eigenvalue weighted by molar-refractivity contribution is 7.92. The van der Waals surface area contributed by atoms with Crippen molar-refractivity contribution in [2.45, 2.75) is 30.6 Å². The predicted octanol–water partition coefficient (Wildman–Crippen LogP) is 4.38. The first-order valence-corrected chi connectivity index (χ1v) is 13.4. The van der Waals surface area contributed by atoms with Crippen LogP contribution in [-0.4, -0.2) is 57.8 Å². The number of hydrogen-bond donors (Lipinski definition) is 1. The number of hydrogen-bond acceptors (Lipinski definition) is 6. The maximum atomic E-state index is 13.7. The van der Waals surface area contributed by atoms with Crippen molar-refractivity contribution in [2.24, 2.45) is 0 Å². The molecule has 3 aromatic rings. The number of benzene rings is 2. The lowest BCUT2D eigenvalue weighted by Gasteiger charge is -2.23. The van der Waals surface area contributed by atoms with Crippen molar-refractivity contribution in [1.29, 1.82) is 0 Å². The molecular formula is C27H31N3O5S. The third kappa shape index (κ3) is 5.37. The second kappa shape index (κ2) is 11.1. The molecule has 0 amide bonds. The fraction of sp³-hybridized carbons (Fsp3) is 0.333. The van der Waals surface area contributed by atoms with E-state index in [9.17, 15) is 18.3 Å². The van der Waals surface area contributed by atoms with Crippen LogP contribution in [0.15, 0.2) is 71.8 Å². The monoisotopic (exact) mass is 509 g/mol. The zero-order valence-corrected chi connectivity index (χ0v) is 21.3. The molecule has 0 fully saturated rings. The number of carbonyl (C=O) groups is 1. The number of methoxy groups -OCH3 is 1. The lowest BCUT2D eigenvalue weighted by atomic mass is 9.93. The fourth-order valence-corrected chi connectivity index (χ4v) is 6.05. The van der Waals surface area contributed by atoms with Gasteiger partial charge < -0.3 is 14.7 Å². The molecule has 8 nitrogen and oxygen atoms in total. The van der Waals surface area contributed by atoms with Crippen molar-refractivity contribution in [2.75, 3.05) is 42.6 Å². The van der Waals surface area contributed by atoms with Gasteiger partial charge in [0.25, 0.3) is 10.0 Å². The van der Waals surface area contributed by atoms with Crippen LogP contribution < -0.4 is 9.21 Å². The van der Waals surface area contributed by atoms with E-state index in [1.54, 1.807) is 19.2 Å². The van der Waals surface area contributed by atoms with Crippen LogP contribution in [0.4, 0.5) is 11.5 Å². The Morgan fingerprint density at radius 1 is 1.14 bits per heavy atom. The molecule has 190 valence electrons. The van der Waals surface area contributed by atoms with Gasteiger partial charge in [-0.25, -0.2) is 13.4 Å². The van der Waals surface area contributed by atoms with Gasteiger partial charge >= 0.3 is 5.97 Å². The van der Waals surface area contributed by atoms with Crippen molar-refractivity contribution in [3.63, 3.8) is 0 Å². The molecule has 9 heteroatoms. The van der Waals surface area contributed by atoms with Crippen molar-refractivity contribution in [3.8, 4) is 11.1 Å². The molecule has 1 aliphatic rings. The van der Waals surface area contributed by atoms with Crippen molar-refractivity contribution >= 4 is 27.5 Å². The van der Waals surface area contributed by atoms with E-state index in [2.05, 4.69) is 4.98 Å². The molecule has 0 saturated carbocycles. The Balaban J connectivity index is 1.66.